The summed E-state index contributed by atoms with van der Waals surface area (Å²) < 4.78 is 5.48. The molecule has 2 rings (SSSR count). The Bertz CT molecular complexity index is 475. The number of aliphatic hydroxyl groups is 1. The third kappa shape index (κ3) is 2.88. The molecule has 104 valence electrons. The van der Waals surface area contributed by atoms with Crippen molar-refractivity contribution in [2.24, 2.45) is 0 Å². The van der Waals surface area contributed by atoms with Gasteiger partial charge in [-0.25, -0.2) is 0 Å². The average molecular weight is 265 g/mol. The molecule has 2 N–H and O–H groups in total. The highest BCUT2D eigenvalue weighted by atomic mass is 16.5. The number of nitrogens with zero attached hydrogens (tertiary/aromatic N) is 1. The first-order valence-corrected chi connectivity index (χ1v) is 6.36. The minimum atomic E-state index is -0.217. The molecule has 0 aromatic heterocycles. The number of benzene rings is 1. The second-order valence-electron chi connectivity index (χ2n) is 4.90. The SMILES string of the molecule is CC(=O)c1ccc(N2CC(CO)OCC2C)cc1O. The van der Waals surface area contributed by atoms with Crippen LogP contribution in [0.5, 0.6) is 5.75 Å². The lowest BCUT2D eigenvalue weighted by atomic mass is 10.1. The van der Waals surface area contributed by atoms with Crippen LogP contribution in [0.4, 0.5) is 5.69 Å². The van der Waals surface area contributed by atoms with Crippen LogP contribution in [0, 0.1) is 0 Å². The van der Waals surface area contributed by atoms with Crippen molar-refractivity contribution in [3.8, 4) is 5.75 Å². The molecule has 2 unspecified atom stereocenters. The molecule has 2 atom stereocenters. The summed E-state index contributed by atoms with van der Waals surface area (Å²) in [5, 5.41) is 19.0. The Morgan fingerprint density at radius 3 is 2.84 bits per heavy atom. The van der Waals surface area contributed by atoms with E-state index in [2.05, 4.69) is 4.90 Å². The molecule has 1 saturated heterocycles. The zero-order valence-corrected chi connectivity index (χ0v) is 11.2. The van der Waals surface area contributed by atoms with Gasteiger partial charge in [-0.05, 0) is 26.0 Å². The summed E-state index contributed by atoms with van der Waals surface area (Å²) >= 11 is 0. The van der Waals surface area contributed by atoms with Crippen molar-refractivity contribution in [3.63, 3.8) is 0 Å². The monoisotopic (exact) mass is 265 g/mol. The molecule has 1 aliphatic rings. The predicted octanol–water partition coefficient (Wildman–Crippen LogP) is 1.18. The number of morpholine rings is 1. The minimum absolute atomic E-state index is 0.00996. The lowest BCUT2D eigenvalue weighted by molar-refractivity contribution is -0.0103. The van der Waals surface area contributed by atoms with Crippen LogP contribution in [-0.2, 0) is 4.74 Å². The number of rotatable bonds is 3. The number of carbonyl (C=O) groups is 1. The molecule has 1 aliphatic heterocycles. The van der Waals surface area contributed by atoms with Gasteiger partial charge in [-0.1, -0.05) is 0 Å². The van der Waals surface area contributed by atoms with Crippen LogP contribution in [0.25, 0.3) is 0 Å². The first-order valence-electron chi connectivity index (χ1n) is 6.36. The molecule has 5 nitrogen and oxygen atoms in total. The Morgan fingerprint density at radius 1 is 1.53 bits per heavy atom. The summed E-state index contributed by atoms with van der Waals surface area (Å²) in [5.41, 5.74) is 1.15. The Balaban J connectivity index is 2.25. The van der Waals surface area contributed by atoms with Gasteiger partial charge < -0.3 is 19.8 Å². The molecule has 0 saturated carbocycles. The van der Waals surface area contributed by atoms with Crippen molar-refractivity contribution in [1.29, 1.82) is 0 Å². The van der Waals surface area contributed by atoms with Crippen LogP contribution in [0.3, 0.4) is 0 Å². The number of aromatic hydroxyl groups is 1. The molecule has 1 fully saturated rings. The van der Waals surface area contributed by atoms with Gasteiger partial charge in [0.15, 0.2) is 5.78 Å². The number of hydrogen-bond acceptors (Lipinski definition) is 5. The maximum atomic E-state index is 11.3. The highest BCUT2D eigenvalue weighted by Crippen LogP contribution is 2.28. The Hall–Kier alpha value is -1.59. The van der Waals surface area contributed by atoms with Crippen LogP contribution in [-0.4, -0.2) is 47.9 Å². The van der Waals surface area contributed by atoms with Gasteiger partial charge in [0.2, 0.25) is 0 Å². The highest BCUT2D eigenvalue weighted by Gasteiger charge is 2.26. The fraction of sp³-hybridized carbons (Fsp3) is 0.500. The van der Waals surface area contributed by atoms with Crippen LogP contribution >= 0.6 is 0 Å². The van der Waals surface area contributed by atoms with E-state index >= 15 is 0 Å². The summed E-state index contributed by atoms with van der Waals surface area (Å²) in [6, 6.07) is 5.19. The fourth-order valence-electron chi connectivity index (χ4n) is 2.28. The smallest absolute Gasteiger partial charge is 0.163 e. The molecule has 1 aromatic rings. The maximum absolute atomic E-state index is 11.3. The van der Waals surface area contributed by atoms with E-state index in [4.69, 9.17) is 9.84 Å². The van der Waals surface area contributed by atoms with E-state index in [1.165, 1.54) is 6.92 Å². The van der Waals surface area contributed by atoms with E-state index in [1.54, 1.807) is 12.1 Å². The normalized spacial score (nSPS) is 23.4. The zero-order valence-electron chi connectivity index (χ0n) is 11.2. The quantitative estimate of drug-likeness (QED) is 0.803. The van der Waals surface area contributed by atoms with Gasteiger partial charge in [0.05, 0.1) is 24.9 Å². The largest absolute Gasteiger partial charge is 0.507 e. The van der Waals surface area contributed by atoms with Crippen molar-refractivity contribution in [1.82, 2.24) is 0 Å². The summed E-state index contributed by atoms with van der Waals surface area (Å²) in [7, 11) is 0. The minimum Gasteiger partial charge on any atom is -0.507 e. The van der Waals surface area contributed by atoms with E-state index in [-0.39, 0.29) is 30.3 Å². The number of hydrogen-bond donors (Lipinski definition) is 2. The fourth-order valence-corrected chi connectivity index (χ4v) is 2.28. The Kier molecular flexibility index (Phi) is 4.07. The number of Topliss-reactive ketones (excluding diaryl/α,β-unsaturated/α-hetero) is 1. The second kappa shape index (κ2) is 5.59. The highest BCUT2D eigenvalue weighted by molar-refractivity contribution is 5.97. The average Bonchev–Trinajstić information content (AvgIpc) is 2.38. The van der Waals surface area contributed by atoms with E-state index in [0.29, 0.717) is 18.7 Å². The Morgan fingerprint density at radius 2 is 2.26 bits per heavy atom. The molecule has 1 heterocycles. The van der Waals surface area contributed by atoms with Gasteiger partial charge in [0.1, 0.15) is 5.75 Å². The van der Waals surface area contributed by atoms with Gasteiger partial charge in [0, 0.05) is 24.3 Å². The standard InChI is InChI=1S/C14H19NO4/c1-9-8-19-12(7-16)6-15(9)11-3-4-13(10(2)17)14(18)5-11/h3-5,9,12,16,18H,6-8H2,1-2H3. The van der Waals surface area contributed by atoms with Crippen LogP contribution < -0.4 is 4.90 Å². The van der Waals surface area contributed by atoms with Crippen LogP contribution in [0.15, 0.2) is 18.2 Å². The summed E-state index contributed by atoms with van der Waals surface area (Å²) in [6.45, 7) is 4.51. The third-order valence-electron chi connectivity index (χ3n) is 3.40. The van der Waals surface area contributed by atoms with E-state index in [1.807, 2.05) is 13.0 Å². The van der Waals surface area contributed by atoms with Gasteiger partial charge in [-0.15, -0.1) is 0 Å². The molecular formula is C14H19NO4. The predicted molar refractivity (Wildman–Crippen MR) is 71.7 cm³/mol. The molecule has 0 spiro atoms. The van der Waals surface area contributed by atoms with Gasteiger partial charge in [0.25, 0.3) is 0 Å². The van der Waals surface area contributed by atoms with Crippen molar-refractivity contribution in [2.75, 3.05) is 24.7 Å². The first kappa shape index (κ1) is 13.8. The molecule has 0 amide bonds. The van der Waals surface area contributed by atoms with Gasteiger partial charge in [-0.3, -0.25) is 4.79 Å². The molecule has 1 aromatic carbocycles. The van der Waals surface area contributed by atoms with Gasteiger partial charge in [-0.2, -0.15) is 0 Å². The number of phenols is 1. The van der Waals surface area contributed by atoms with E-state index in [9.17, 15) is 9.90 Å². The molecule has 0 radical (unpaired) electrons. The van der Waals surface area contributed by atoms with E-state index in [0.717, 1.165) is 5.69 Å². The second-order valence-corrected chi connectivity index (χ2v) is 4.90. The topological polar surface area (TPSA) is 70.0 Å². The number of anilines is 1. The number of aliphatic hydroxyl groups excluding tert-OH is 1. The van der Waals surface area contributed by atoms with Gasteiger partial charge >= 0.3 is 0 Å². The Labute approximate surface area is 112 Å². The number of ketones is 1. The first-order chi connectivity index (χ1) is 9.02. The summed E-state index contributed by atoms with van der Waals surface area (Å²) in [6.07, 6.45) is -0.217. The lowest BCUT2D eigenvalue weighted by Crippen LogP contribution is -2.49. The maximum Gasteiger partial charge on any atom is 0.163 e. The zero-order chi connectivity index (χ0) is 14.0. The van der Waals surface area contributed by atoms with Crippen molar-refractivity contribution in [2.45, 2.75) is 26.0 Å². The van der Waals surface area contributed by atoms with Crippen molar-refractivity contribution >= 4 is 11.5 Å². The lowest BCUT2D eigenvalue weighted by Gasteiger charge is -2.39. The summed E-state index contributed by atoms with van der Waals surface area (Å²) in [4.78, 5) is 13.4. The molecular weight excluding hydrogens is 246 g/mol. The summed E-state index contributed by atoms with van der Waals surface area (Å²) in [5.74, 6) is -0.170. The number of ether oxygens (including phenoxy) is 1. The van der Waals surface area contributed by atoms with Crippen LogP contribution in [0.1, 0.15) is 24.2 Å². The van der Waals surface area contributed by atoms with Crippen molar-refractivity contribution in [3.05, 3.63) is 23.8 Å². The number of carbonyl (C=O) groups excluding carboxylic acids is 1. The van der Waals surface area contributed by atoms with E-state index < -0.39 is 0 Å². The molecule has 5 heteroatoms. The van der Waals surface area contributed by atoms with Crippen LogP contribution in [0.2, 0.25) is 0 Å². The molecule has 19 heavy (non-hydrogen) atoms. The third-order valence-corrected chi connectivity index (χ3v) is 3.40. The number of phenolic OH excluding ortho intramolecular Hbond substituents is 1. The molecule has 0 aliphatic carbocycles. The molecule has 0 bridgehead atoms. The van der Waals surface area contributed by atoms with Crippen molar-refractivity contribution < 1.29 is 19.7 Å².